The van der Waals surface area contributed by atoms with Crippen molar-refractivity contribution in [1.29, 1.82) is 0 Å². The molecule has 1 aromatic carbocycles. The zero-order valence-electron chi connectivity index (χ0n) is 9.65. The SMILES string of the molecule is CCc1ccc(OC2CC(Cl)C2OC)cc1. The van der Waals surface area contributed by atoms with Gasteiger partial charge in [-0.25, -0.2) is 0 Å². The highest BCUT2D eigenvalue weighted by molar-refractivity contribution is 6.21. The molecule has 0 amide bonds. The van der Waals surface area contributed by atoms with Gasteiger partial charge in [-0.2, -0.15) is 0 Å². The van der Waals surface area contributed by atoms with Crippen LogP contribution in [0.2, 0.25) is 0 Å². The Hall–Kier alpha value is -0.730. The third kappa shape index (κ3) is 2.33. The minimum atomic E-state index is 0.0209. The van der Waals surface area contributed by atoms with Crippen LogP contribution in [0.5, 0.6) is 5.75 Å². The third-order valence-corrected chi connectivity index (χ3v) is 3.50. The summed E-state index contributed by atoms with van der Waals surface area (Å²) in [6.07, 6.45) is 2.02. The molecule has 2 nitrogen and oxygen atoms in total. The second-order valence-electron chi connectivity index (χ2n) is 4.11. The highest BCUT2D eigenvalue weighted by atomic mass is 35.5. The van der Waals surface area contributed by atoms with Gasteiger partial charge in [0.05, 0.1) is 5.38 Å². The van der Waals surface area contributed by atoms with Crippen molar-refractivity contribution in [2.75, 3.05) is 7.11 Å². The molecule has 1 fully saturated rings. The first-order chi connectivity index (χ1) is 7.74. The van der Waals surface area contributed by atoms with Crippen molar-refractivity contribution in [1.82, 2.24) is 0 Å². The van der Waals surface area contributed by atoms with Crippen LogP contribution in [0.3, 0.4) is 0 Å². The molecule has 0 spiro atoms. The number of hydrogen-bond acceptors (Lipinski definition) is 2. The maximum atomic E-state index is 6.02. The Morgan fingerprint density at radius 2 is 2.00 bits per heavy atom. The largest absolute Gasteiger partial charge is 0.488 e. The molecule has 3 heteroatoms. The topological polar surface area (TPSA) is 18.5 Å². The number of benzene rings is 1. The van der Waals surface area contributed by atoms with Gasteiger partial charge in [-0.15, -0.1) is 11.6 Å². The van der Waals surface area contributed by atoms with Gasteiger partial charge >= 0.3 is 0 Å². The second-order valence-corrected chi connectivity index (χ2v) is 4.67. The number of ether oxygens (including phenoxy) is 2. The Balaban J connectivity index is 1.94. The lowest BCUT2D eigenvalue weighted by atomic mass is 9.91. The molecule has 16 heavy (non-hydrogen) atoms. The highest BCUT2D eigenvalue weighted by Gasteiger charge is 2.42. The number of halogens is 1. The first kappa shape index (κ1) is 11.7. The Bertz CT molecular complexity index is 336. The first-order valence-electron chi connectivity index (χ1n) is 5.67. The van der Waals surface area contributed by atoms with Gasteiger partial charge in [-0.1, -0.05) is 19.1 Å². The van der Waals surface area contributed by atoms with E-state index in [1.807, 2.05) is 12.1 Å². The summed E-state index contributed by atoms with van der Waals surface area (Å²) in [7, 11) is 1.68. The van der Waals surface area contributed by atoms with E-state index < -0.39 is 0 Å². The predicted octanol–water partition coefficient (Wildman–Crippen LogP) is 3.02. The molecule has 1 saturated carbocycles. The molecule has 0 aromatic heterocycles. The molecule has 0 heterocycles. The van der Waals surface area contributed by atoms with Crippen LogP contribution in [0.1, 0.15) is 18.9 Å². The lowest BCUT2D eigenvalue weighted by Gasteiger charge is -2.39. The molecule has 2 rings (SSSR count). The average molecular weight is 241 g/mol. The molecule has 3 atom stereocenters. The van der Waals surface area contributed by atoms with Gasteiger partial charge in [0.25, 0.3) is 0 Å². The van der Waals surface area contributed by atoms with E-state index in [2.05, 4.69) is 19.1 Å². The van der Waals surface area contributed by atoms with E-state index in [1.165, 1.54) is 5.56 Å². The second kappa shape index (κ2) is 5.07. The molecule has 0 radical (unpaired) electrons. The summed E-state index contributed by atoms with van der Waals surface area (Å²) in [5.41, 5.74) is 1.32. The average Bonchev–Trinajstić information content (AvgIpc) is 2.30. The van der Waals surface area contributed by atoms with Crippen molar-refractivity contribution in [2.45, 2.75) is 37.4 Å². The van der Waals surface area contributed by atoms with Crippen LogP contribution in [-0.2, 0) is 11.2 Å². The van der Waals surface area contributed by atoms with Crippen LogP contribution in [-0.4, -0.2) is 24.7 Å². The van der Waals surface area contributed by atoms with E-state index in [4.69, 9.17) is 21.1 Å². The summed E-state index contributed by atoms with van der Waals surface area (Å²) in [5, 5.41) is 0.0879. The number of rotatable bonds is 4. The van der Waals surface area contributed by atoms with Crippen molar-refractivity contribution in [2.24, 2.45) is 0 Å². The lowest BCUT2D eigenvalue weighted by molar-refractivity contribution is -0.0583. The van der Waals surface area contributed by atoms with Crippen molar-refractivity contribution in [3.63, 3.8) is 0 Å². The van der Waals surface area contributed by atoms with Gasteiger partial charge in [0, 0.05) is 13.5 Å². The molecular formula is C13H17ClO2. The molecule has 0 aliphatic heterocycles. The fourth-order valence-corrected chi connectivity index (χ4v) is 2.36. The molecule has 1 aliphatic carbocycles. The molecule has 0 saturated heterocycles. The normalized spacial score (nSPS) is 28.6. The summed E-state index contributed by atoms with van der Waals surface area (Å²) in [6, 6.07) is 8.20. The fourth-order valence-electron chi connectivity index (χ4n) is 1.92. The van der Waals surface area contributed by atoms with E-state index in [-0.39, 0.29) is 17.6 Å². The van der Waals surface area contributed by atoms with E-state index in [0.29, 0.717) is 0 Å². The molecule has 1 aromatic rings. The highest BCUT2D eigenvalue weighted by Crippen LogP contribution is 2.32. The minimum Gasteiger partial charge on any atom is -0.488 e. The summed E-state index contributed by atoms with van der Waals surface area (Å²) in [5.74, 6) is 0.896. The van der Waals surface area contributed by atoms with Gasteiger partial charge in [-0.3, -0.25) is 0 Å². The van der Waals surface area contributed by atoms with Crippen molar-refractivity contribution < 1.29 is 9.47 Å². The van der Waals surface area contributed by atoms with Gasteiger partial charge in [-0.05, 0) is 24.1 Å². The zero-order chi connectivity index (χ0) is 11.5. The van der Waals surface area contributed by atoms with Gasteiger partial charge in [0.2, 0.25) is 0 Å². The molecular weight excluding hydrogens is 224 g/mol. The predicted molar refractivity (Wildman–Crippen MR) is 65.3 cm³/mol. The standard InChI is InChI=1S/C13H17ClO2/c1-3-9-4-6-10(7-5-9)16-12-8-11(14)13(12)15-2/h4-7,11-13H,3,8H2,1-2H3. The Morgan fingerprint density at radius 3 is 2.50 bits per heavy atom. The monoisotopic (exact) mass is 240 g/mol. The van der Waals surface area contributed by atoms with Crippen LogP contribution >= 0.6 is 11.6 Å². The smallest absolute Gasteiger partial charge is 0.128 e. The van der Waals surface area contributed by atoms with Crippen LogP contribution in [0.15, 0.2) is 24.3 Å². The Labute approximate surface area is 102 Å². The quantitative estimate of drug-likeness (QED) is 0.754. The van der Waals surface area contributed by atoms with Crippen molar-refractivity contribution in [3.8, 4) is 5.75 Å². The first-order valence-corrected chi connectivity index (χ1v) is 6.10. The summed E-state index contributed by atoms with van der Waals surface area (Å²) in [6.45, 7) is 2.14. The van der Waals surface area contributed by atoms with Gasteiger partial charge < -0.3 is 9.47 Å². The Morgan fingerprint density at radius 1 is 1.31 bits per heavy atom. The minimum absolute atomic E-state index is 0.0209. The van der Waals surface area contributed by atoms with Crippen molar-refractivity contribution >= 4 is 11.6 Å². The van der Waals surface area contributed by atoms with Crippen LogP contribution in [0.4, 0.5) is 0 Å². The summed E-state index contributed by atoms with van der Waals surface area (Å²) >= 11 is 6.02. The van der Waals surface area contributed by atoms with E-state index in [1.54, 1.807) is 7.11 Å². The summed E-state index contributed by atoms with van der Waals surface area (Å²) < 4.78 is 11.1. The van der Waals surface area contributed by atoms with E-state index in [0.717, 1.165) is 18.6 Å². The maximum Gasteiger partial charge on any atom is 0.128 e. The van der Waals surface area contributed by atoms with Crippen LogP contribution in [0.25, 0.3) is 0 Å². The molecule has 0 N–H and O–H groups in total. The molecule has 88 valence electrons. The van der Waals surface area contributed by atoms with Crippen LogP contribution < -0.4 is 4.74 Å². The third-order valence-electron chi connectivity index (χ3n) is 3.07. The molecule has 1 aliphatic rings. The molecule has 3 unspecified atom stereocenters. The van der Waals surface area contributed by atoms with Crippen LogP contribution in [0, 0.1) is 0 Å². The number of aryl methyl sites for hydroxylation is 1. The number of methoxy groups -OCH3 is 1. The zero-order valence-corrected chi connectivity index (χ0v) is 10.4. The lowest BCUT2D eigenvalue weighted by Crippen LogP contribution is -2.52. The Kier molecular flexibility index (Phi) is 3.72. The van der Waals surface area contributed by atoms with Crippen molar-refractivity contribution in [3.05, 3.63) is 29.8 Å². The van der Waals surface area contributed by atoms with E-state index in [9.17, 15) is 0 Å². The van der Waals surface area contributed by atoms with E-state index >= 15 is 0 Å². The van der Waals surface area contributed by atoms with Gasteiger partial charge in [0.15, 0.2) is 0 Å². The molecule has 0 bridgehead atoms. The fraction of sp³-hybridized carbons (Fsp3) is 0.538. The maximum absolute atomic E-state index is 6.02. The number of hydrogen-bond donors (Lipinski definition) is 0. The van der Waals surface area contributed by atoms with Gasteiger partial charge in [0.1, 0.15) is 18.0 Å². The number of alkyl halides is 1. The summed E-state index contributed by atoms with van der Waals surface area (Å²) in [4.78, 5) is 0.